The van der Waals surface area contributed by atoms with Crippen molar-refractivity contribution in [1.29, 1.82) is 0 Å². The molecule has 26 heavy (non-hydrogen) atoms. The summed E-state index contributed by atoms with van der Waals surface area (Å²) in [5.41, 5.74) is 3.22. The van der Waals surface area contributed by atoms with Gasteiger partial charge in [0.1, 0.15) is 5.82 Å². The van der Waals surface area contributed by atoms with Crippen molar-refractivity contribution in [3.8, 4) is 0 Å². The second-order valence-corrected chi connectivity index (χ2v) is 7.23. The highest BCUT2D eigenvalue weighted by Gasteiger charge is 2.25. The van der Waals surface area contributed by atoms with Gasteiger partial charge in [-0.25, -0.2) is 4.39 Å². The lowest BCUT2D eigenvalue weighted by Gasteiger charge is -2.33. The van der Waals surface area contributed by atoms with Crippen LogP contribution in [0.2, 0.25) is 0 Å². The van der Waals surface area contributed by atoms with Crippen LogP contribution in [0.5, 0.6) is 0 Å². The molecule has 0 unspecified atom stereocenters. The lowest BCUT2D eigenvalue weighted by Crippen LogP contribution is -2.42. The van der Waals surface area contributed by atoms with Crippen LogP contribution in [0.4, 0.5) is 4.39 Å². The number of benzene rings is 2. The van der Waals surface area contributed by atoms with Crippen molar-refractivity contribution in [3.63, 3.8) is 0 Å². The minimum atomic E-state index is -0.197. The average Bonchev–Trinajstić information content (AvgIpc) is 2.65. The lowest BCUT2D eigenvalue weighted by molar-refractivity contribution is 0.0673. The predicted octanol–water partition coefficient (Wildman–Crippen LogP) is 3.80. The van der Waals surface area contributed by atoms with Crippen LogP contribution in [0.3, 0.4) is 0 Å². The number of halogens is 1. The molecule has 1 saturated heterocycles. The van der Waals surface area contributed by atoms with Crippen LogP contribution in [0, 0.1) is 18.7 Å². The zero-order valence-corrected chi connectivity index (χ0v) is 15.6. The van der Waals surface area contributed by atoms with Gasteiger partial charge < -0.3 is 10.2 Å². The van der Waals surface area contributed by atoms with Crippen molar-refractivity contribution >= 4 is 5.91 Å². The summed E-state index contributed by atoms with van der Waals surface area (Å²) in [5, 5.41) is 3.22. The van der Waals surface area contributed by atoms with Crippen LogP contribution in [0.1, 0.15) is 39.9 Å². The Morgan fingerprint density at radius 2 is 2.08 bits per heavy atom. The summed E-state index contributed by atoms with van der Waals surface area (Å²) in [5.74, 6) is 0.405. The van der Waals surface area contributed by atoms with Gasteiger partial charge in [0.15, 0.2) is 0 Å². The van der Waals surface area contributed by atoms with Crippen LogP contribution in [-0.2, 0) is 6.42 Å². The number of carbonyl (C=O) groups is 1. The molecule has 1 amide bonds. The zero-order chi connectivity index (χ0) is 18.5. The first-order valence-corrected chi connectivity index (χ1v) is 9.35. The maximum absolute atomic E-state index is 13.9. The van der Waals surface area contributed by atoms with E-state index in [9.17, 15) is 9.18 Å². The van der Waals surface area contributed by atoms with Gasteiger partial charge in [0.2, 0.25) is 0 Å². The van der Waals surface area contributed by atoms with E-state index in [1.165, 1.54) is 0 Å². The summed E-state index contributed by atoms with van der Waals surface area (Å²) in [6.45, 7) is 4.31. The monoisotopic (exact) mass is 354 g/mol. The molecule has 1 atom stereocenters. The van der Waals surface area contributed by atoms with E-state index in [1.807, 2.05) is 42.3 Å². The van der Waals surface area contributed by atoms with Gasteiger partial charge in [0.05, 0.1) is 0 Å². The zero-order valence-electron chi connectivity index (χ0n) is 15.6. The molecule has 0 aromatic heterocycles. The SMILES string of the molecule is CNC[C@@H]1CCCN(C(=O)c2ccccc2Cc2ccc(C)c(F)c2)C1. The Morgan fingerprint density at radius 1 is 1.27 bits per heavy atom. The van der Waals surface area contributed by atoms with Crippen molar-refractivity contribution in [2.75, 3.05) is 26.7 Å². The summed E-state index contributed by atoms with van der Waals surface area (Å²) in [4.78, 5) is 15.1. The molecule has 0 saturated carbocycles. The molecule has 2 aromatic carbocycles. The van der Waals surface area contributed by atoms with Crippen LogP contribution >= 0.6 is 0 Å². The molecule has 4 heteroatoms. The van der Waals surface area contributed by atoms with Crippen molar-refractivity contribution < 1.29 is 9.18 Å². The summed E-state index contributed by atoms with van der Waals surface area (Å²) in [7, 11) is 1.96. The van der Waals surface area contributed by atoms with E-state index in [4.69, 9.17) is 0 Å². The highest BCUT2D eigenvalue weighted by molar-refractivity contribution is 5.95. The molecule has 0 bridgehead atoms. The summed E-state index contributed by atoms with van der Waals surface area (Å²) in [6, 6.07) is 13.0. The third kappa shape index (κ3) is 4.31. The topological polar surface area (TPSA) is 32.3 Å². The minimum absolute atomic E-state index is 0.0917. The molecule has 1 N–H and O–H groups in total. The number of carbonyl (C=O) groups excluding carboxylic acids is 1. The van der Waals surface area contributed by atoms with E-state index in [1.54, 1.807) is 19.1 Å². The fourth-order valence-corrected chi connectivity index (χ4v) is 3.72. The quantitative estimate of drug-likeness (QED) is 0.886. The van der Waals surface area contributed by atoms with E-state index in [0.29, 0.717) is 17.9 Å². The van der Waals surface area contributed by atoms with Crippen molar-refractivity contribution in [1.82, 2.24) is 10.2 Å². The number of hydrogen-bond acceptors (Lipinski definition) is 2. The molecular formula is C22H27FN2O. The number of piperidine rings is 1. The number of nitrogens with one attached hydrogen (secondary N) is 1. The Labute approximate surface area is 155 Å². The Morgan fingerprint density at radius 3 is 2.85 bits per heavy atom. The molecule has 138 valence electrons. The Kier molecular flexibility index (Phi) is 6.04. The maximum Gasteiger partial charge on any atom is 0.254 e. The number of nitrogens with zero attached hydrogens (tertiary/aromatic N) is 1. The second-order valence-electron chi connectivity index (χ2n) is 7.23. The first kappa shape index (κ1) is 18.6. The maximum atomic E-state index is 13.9. The van der Waals surface area contributed by atoms with Gasteiger partial charge in [0, 0.05) is 18.7 Å². The van der Waals surface area contributed by atoms with Crippen LogP contribution in [0.25, 0.3) is 0 Å². The highest BCUT2D eigenvalue weighted by atomic mass is 19.1. The Hall–Kier alpha value is -2.20. The number of hydrogen-bond donors (Lipinski definition) is 1. The van der Waals surface area contributed by atoms with Crippen molar-refractivity contribution in [2.24, 2.45) is 5.92 Å². The van der Waals surface area contributed by atoms with Gasteiger partial charge in [-0.1, -0.05) is 30.3 Å². The Balaban J connectivity index is 1.79. The normalized spacial score (nSPS) is 17.3. The molecule has 3 nitrogen and oxygen atoms in total. The van der Waals surface area contributed by atoms with Gasteiger partial charge in [-0.3, -0.25) is 4.79 Å². The predicted molar refractivity (Wildman–Crippen MR) is 103 cm³/mol. The standard InChI is InChI=1S/C22H27FN2O/c1-16-9-10-17(13-21(16)23)12-19-7-3-4-8-20(19)22(26)25-11-5-6-18(15-25)14-24-2/h3-4,7-10,13,18,24H,5-6,11-12,14-15H2,1-2H3/t18-/m0/s1. The van der Waals surface area contributed by atoms with E-state index < -0.39 is 0 Å². The Bertz CT molecular complexity index is 772. The van der Waals surface area contributed by atoms with Gasteiger partial charge in [-0.05, 0) is 74.5 Å². The molecule has 2 aromatic rings. The molecule has 1 aliphatic heterocycles. The van der Waals surface area contributed by atoms with Gasteiger partial charge in [-0.15, -0.1) is 0 Å². The highest BCUT2D eigenvalue weighted by Crippen LogP contribution is 2.22. The fourth-order valence-electron chi connectivity index (χ4n) is 3.72. The molecular weight excluding hydrogens is 327 g/mol. The van der Waals surface area contributed by atoms with Crippen LogP contribution in [0.15, 0.2) is 42.5 Å². The number of likely N-dealkylation sites (tertiary alicyclic amines) is 1. The van der Waals surface area contributed by atoms with E-state index in [-0.39, 0.29) is 11.7 Å². The summed E-state index contributed by atoms with van der Waals surface area (Å²) >= 11 is 0. The largest absolute Gasteiger partial charge is 0.338 e. The molecule has 3 rings (SSSR count). The molecule has 0 spiro atoms. The number of rotatable bonds is 5. The van der Waals surface area contributed by atoms with E-state index in [2.05, 4.69) is 5.32 Å². The van der Waals surface area contributed by atoms with E-state index >= 15 is 0 Å². The number of amides is 1. The lowest BCUT2D eigenvalue weighted by atomic mass is 9.95. The second kappa shape index (κ2) is 8.45. The fraction of sp³-hybridized carbons (Fsp3) is 0.409. The summed E-state index contributed by atoms with van der Waals surface area (Å²) in [6.07, 6.45) is 2.77. The minimum Gasteiger partial charge on any atom is -0.338 e. The van der Waals surface area contributed by atoms with Gasteiger partial charge >= 0.3 is 0 Å². The summed E-state index contributed by atoms with van der Waals surface area (Å²) < 4.78 is 13.9. The van der Waals surface area contributed by atoms with Crippen molar-refractivity contribution in [2.45, 2.75) is 26.2 Å². The first-order chi connectivity index (χ1) is 12.6. The molecule has 0 radical (unpaired) electrons. The molecule has 0 aliphatic carbocycles. The third-order valence-electron chi connectivity index (χ3n) is 5.18. The third-order valence-corrected chi connectivity index (χ3v) is 5.18. The average molecular weight is 354 g/mol. The van der Waals surface area contributed by atoms with Crippen molar-refractivity contribution in [3.05, 3.63) is 70.5 Å². The molecule has 1 aliphatic rings. The molecule has 1 fully saturated rings. The van der Waals surface area contributed by atoms with Crippen LogP contribution < -0.4 is 5.32 Å². The smallest absolute Gasteiger partial charge is 0.254 e. The van der Waals surface area contributed by atoms with Gasteiger partial charge in [-0.2, -0.15) is 0 Å². The van der Waals surface area contributed by atoms with Crippen LogP contribution in [-0.4, -0.2) is 37.5 Å². The van der Waals surface area contributed by atoms with E-state index in [0.717, 1.165) is 49.2 Å². The molecule has 1 heterocycles. The first-order valence-electron chi connectivity index (χ1n) is 9.35. The van der Waals surface area contributed by atoms with Gasteiger partial charge in [0.25, 0.3) is 5.91 Å². The number of aryl methyl sites for hydroxylation is 1.